The molecule has 20 heavy (non-hydrogen) atoms. The predicted octanol–water partition coefficient (Wildman–Crippen LogP) is 4.28. The molecule has 0 radical (unpaired) electrons. The van der Waals surface area contributed by atoms with E-state index in [1.54, 1.807) is 0 Å². The quantitative estimate of drug-likeness (QED) is 0.907. The van der Waals surface area contributed by atoms with Crippen LogP contribution in [0.25, 0.3) is 0 Å². The van der Waals surface area contributed by atoms with Crippen molar-refractivity contribution in [3.63, 3.8) is 0 Å². The lowest BCUT2D eigenvalue weighted by Gasteiger charge is -2.23. The first-order chi connectivity index (χ1) is 9.79. The number of aromatic nitrogens is 1. The summed E-state index contributed by atoms with van der Waals surface area (Å²) in [6, 6.07) is 9.28. The minimum atomic E-state index is 0.407. The van der Waals surface area contributed by atoms with Crippen LogP contribution in [-0.2, 0) is 6.42 Å². The van der Waals surface area contributed by atoms with Gasteiger partial charge in [-0.25, -0.2) is 4.98 Å². The summed E-state index contributed by atoms with van der Waals surface area (Å²) in [5.74, 6) is 0.507. The fourth-order valence-electron chi connectivity index (χ4n) is 3.08. The number of thiazole rings is 1. The lowest BCUT2D eigenvalue weighted by atomic mass is 9.83. The number of nitrogens with one attached hydrogen (secondary N) is 1. The van der Waals surface area contributed by atoms with E-state index in [9.17, 15) is 0 Å². The topological polar surface area (TPSA) is 24.9 Å². The molecule has 1 aliphatic carbocycles. The molecular weight excluding hydrogens is 264 g/mol. The summed E-state index contributed by atoms with van der Waals surface area (Å²) in [5.41, 5.74) is 3.01. The normalized spacial score (nSPS) is 19.6. The summed E-state index contributed by atoms with van der Waals surface area (Å²) in [7, 11) is 0. The van der Waals surface area contributed by atoms with Crippen molar-refractivity contribution in [2.75, 3.05) is 6.54 Å². The van der Waals surface area contributed by atoms with Crippen LogP contribution in [0.4, 0.5) is 0 Å². The number of aryl methyl sites for hydroxylation is 1. The summed E-state index contributed by atoms with van der Waals surface area (Å²) < 4.78 is 0. The molecule has 0 fully saturated rings. The molecule has 2 atom stereocenters. The monoisotopic (exact) mass is 286 g/mol. The van der Waals surface area contributed by atoms with Crippen molar-refractivity contribution in [3.8, 4) is 0 Å². The van der Waals surface area contributed by atoms with Crippen LogP contribution in [0, 0.1) is 0 Å². The van der Waals surface area contributed by atoms with Crippen molar-refractivity contribution in [2.24, 2.45) is 0 Å². The minimum Gasteiger partial charge on any atom is -0.310 e. The Kier molecular flexibility index (Phi) is 4.18. The molecule has 3 heteroatoms. The maximum absolute atomic E-state index is 4.72. The van der Waals surface area contributed by atoms with Gasteiger partial charge in [-0.05, 0) is 43.9 Å². The Bertz CT molecular complexity index is 576. The highest BCUT2D eigenvalue weighted by Crippen LogP contribution is 2.38. The van der Waals surface area contributed by atoms with Gasteiger partial charge in [0, 0.05) is 23.0 Å². The smallest absolute Gasteiger partial charge is 0.100 e. The van der Waals surface area contributed by atoms with Crippen molar-refractivity contribution in [3.05, 3.63) is 51.5 Å². The van der Waals surface area contributed by atoms with E-state index in [0.29, 0.717) is 12.0 Å². The average Bonchev–Trinajstić information content (AvgIpc) is 2.97. The molecule has 2 aromatic rings. The maximum atomic E-state index is 4.72. The van der Waals surface area contributed by atoms with E-state index in [1.807, 2.05) is 11.3 Å². The first-order valence-corrected chi connectivity index (χ1v) is 8.38. The van der Waals surface area contributed by atoms with Gasteiger partial charge in [-0.3, -0.25) is 0 Å². The molecule has 2 unspecified atom stereocenters. The Morgan fingerprint density at radius 2 is 2.25 bits per heavy atom. The molecular formula is C17H22N2S. The number of nitrogens with zero attached hydrogens (tertiary/aromatic N) is 1. The number of fused-ring (bicyclic) bond motifs is 1. The largest absolute Gasteiger partial charge is 0.310 e. The number of rotatable bonds is 4. The zero-order valence-corrected chi connectivity index (χ0v) is 13.0. The van der Waals surface area contributed by atoms with E-state index < -0.39 is 0 Å². The van der Waals surface area contributed by atoms with Crippen LogP contribution in [0.2, 0.25) is 0 Å². The average molecular weight is 286 g/mol. The molecule has 0 spiro atoms. The van der Waals surface area contributed by atoms with Gasteiger partial charge in [-0.1, -0.05) is 31.2 Å². The highest BCUT2D eigenvalue weighted by molar-refractivity contribution is 7.11. The van der Waals surface area contributed by atoms with Crippen molar-refractivity contribution in [1.82, 2.24) is 10.3 Å². The van der Waals surface area contributed by atoms with Gasteiger partial charge in [0.05, 0.1) is 0 Å². The van der Waals surface area contributed by atoms with Crippen LogP contribution in [0.15, 0.2) is 30.5 Å². The second kappa shape index (κ2) is 6.06. The highest BCUT2D eigenvalue weighted by atomic mass is 32.1. The number of benzene rings is 1. The van der Waals surface area contributed by atoms with Crippen molar-refractivity contribution in [2.45, 2.75) is 45.1 Å². The third kappa shape index (κ3) is 2.65. The second-order valence-corrected chi connectivity index (χ2v) is 6.62. The van der Waals surface area contributed by atoms with Gasteiger partial charge < -0.3 is 5.32 Å². The van der Waals surface area contributed by atoms with E-state index in [-0.39, 0.29) is 0 Å². The number of hydrogen-bond donors (Lipinski definition) is 1. The molecule has 0 saturated heterocycles. The Labute approximate surface area is 125 Å². The fourth-order valence-corrected chi connectivity index (χ4v) is 4.18. The molecule has 3 rings (SSSR count). The van der Waals surface area contributed by atoms with Crippen LogP contribution in [0.1, 0.15) is 59.7 Å². The highest BCUT2D eigenvalue weighted by Gasteiger charge is 2.24. The van der Waals surface area contributed by atoms with Crippen LogP contribution >= 0.6 is 11.3 Å². The third-order valence-corrected chi connectivity index (χ3v) is 5.44. The molecule has 0 bridgehead atoms. The Balaban J connectivity index is 1.87. The second-order valence-electron chi connectivity index (χ2n) is 5.52. The zero-order valence-electron chi connectivity index (χ0n) is 12.2. The molecule has 1 aromatic carbocycles. The standard InChI is InChI=1S/C17H22N2S/c1-3-18-12(2)16-11-19-17(20-16)15-10-6-8-13-7-4-5-9-14(13)15/h4-5,7,9,11-12,15,18H,3,6,8,10H2,1-2H3. The lowest BCUT2D eigenvalue weighted by Crippen LogP contribution is -2.16. The van der Waals surface area contributed by atoms with Gasteiger partial charge in [0.2, 0.25) is 0 Å². The van der Waals surface area contributed by atoms with E-state index in [4.69, 9.17) is 4.98 Å². The third-order valence-electron chi connectivity index (χ3n) is 4.15. The SMILES string of the molecule is CCNC(C)c1cnc(C2CCCc3ccccc32)s1. The lowest BCUT2D eigenvalue weighted by molar-refractivity contribution is 0.606. The Morgan fingerprint density at radius 1 is 1.40 bits per heavy atom. The molecule has 1 heterocycles. The van der Waals surface area contributed by atoms with Gasteiger partial charge in [0.1, 0.15) is 5.01 Å². The van der Waals surface area contributed by atoms with Crippen molar-refractivity contribution in [1.29, 1.82) is 0 Å². The summed E-state index contributed by atoms with van der Waals surface area (Å²) in [6.07, 6.45) is 5.79. The first-order valence-electron chi connectivity index (χ1n) is 7.56. The maximum Gasteiger partial charge on any atom is 0.100 e. The van der Waals surface area contributed by atoms with Gasteiger partial charge in [0.15, 0.2) is 0 Å². The minimum absolute atomic E-state index is 0.407. The van der Waals surface area contributed by atoms with E-state index >= 15 is 0 Å². The summed E-state index contributed by atoms with van der Waals surface area (Å²) in [4.78, 5) is 6.07. The Morgan fingerprint density at radius 3 is 3.10 bits per heavy atom. The molecule has 0 amide bonds. The molecule has 1 aliphatic rings. The summed E-state index contributed by atoms with van der Waals surface area (Å²) in [5, 5.41) is 4.76. The van der Waals surface area contributed by atoms with Gasteiger partial charge in [0.25, 0.3) is 0 Å². The Hall–Kier alpha value is -1.19. The van der Waals surface area contributed by atoms with Crippen molar-refractivity contribution >= 4 is 11.3 Å². The molecule has 0 saturated carbocycles. The zero-order chi connectivity index (χ0) is 13.9. The van der Waals surface area contributed by atoms with Crippen LogP contribution < -0.4 is 5.32 Å². The van der Waals surface area contributed by atoms with Gasteiger partial charge >= 0.3 is 0 Å². The van der Waals surface area contributed by atoms with E-state index in [1.165, 1.54) is 40.3 Å². The van der Waals surface area contributed by atoms with E-state index in [0.717, 1.165) is 6.54 Å². The molecule has 106 valence electrons. The number of hydrogen-bond acceptors (Lipinski definition) is 3. The molecule has 0 aliphatic heterocycles. The fraction of sp³-hybridized carbons (Fsp3) is 0.471. The summed E-state index contributed by atoms with van der Waals surface area (Å²) >= 11 is 1.88. The first kappa shape index (κ1) is 13.8. The van der Waals surface area contributed by atoms with Gasteiger partial charge in [-0.15, -0.1) is 11.3 Å². The molecule has 1 aromatic heterocycles. The van der Waals surface area contributed by atoms with Crippen LogP contribution in [0.5, 0.6) is 0 Å². The van der Waals surface area contributed by atoms with Gasteiger partial charge in [-0.2, -0.15) is 0 Å². The van der Waals surface area contributed by atoms with E-state index in [2.05, 4.69) is 49.6 Å². The molecule has 1 N–H and O–H groups in total. The predicted molar refractivity (Wildman–Crippen MR) is 85.4 cm³/mol. The van der Waals surface area contributed by atoms with Crippen LogP contribution in [-0.4, -0.2) is 11.5 Å². The molecule has 2 nitrogen and oxygen atoms in total. The van der Waals surface area contributed by atoms with Crippen molar-refractivity contribution < 1.29 is 0 Å². The van der Waals surface area contributed by atoms with Crippen LogP contribution in [0.3, 0.4) is 0 Å². The summed E-state index contributed by atoms with van der Waals surface area (Å²) in [6.45, 7) is 5.37.